The van der Waals surface area contributed by atoms with Gasteiger partial charge in [-0.1, -0.05) is 61.7 Å². The molecule has 1 fully saturated rings. The molecule has 3 aromatic rings. The van der Waals surface area contributed by atoms with Crippen molar-refractivity contribution in [2.75, 3.05) is 13.7 Å². The summed E-state index contributed by atoms with van der Waals surface area (Å²) in [5.41, 5.74) is 3.40. The van der Waals surface area contributed by atoms with E-state index in [2.05, 4.69) is 39.9 Å². The number of carbonyl (C=O) groups is 1. The number of benzene rings is 2. The normalized spacial score (nSPS) is 14.2. The Morgan fingerprint density at radius 3 is 2.55 bits per heavy atom. The summed E-state index contributed by atoms with van der Waals surface area (Å²) in [6, 6.07) is 22.6. The molecule has 0 radical (unpaired) electrons. The minimum absolute atomic E-state index is 0.0759. The van der Waals surface area contributed by atoms with Crippen LogP contribution in [0.2, 0.25) is 0 Å². The maximum atomic E-state index is 13.3. The Labute approximate surface area is 196 Å². The summed E-state index contributed by atoms with van der Waals surface area (Å²) in [7, 11) is 1.69. The van der Waals surface area contributed by atoms with Crippen molar-refractivity contribution in [3.63, 3.8) is 0 Å². The molecule has 2 aromatic carbocycles. The lowest BCUT2D eigenvalue weighted by Crippen LogP contribution is -2.43. The van der Waals surface area contributed by atoms with Gasteiger partial charge in [0, 0.05) is 24.5 Å². The Morgan fingerprint density at radius 1 is 0.970 bits per heavy atom. The monoisotopic (exact) mass is 446 g/mol. The van der Waals surface area contributed by atoms with Crippen molar-refractivity contribution < 1.29 is 14.3 Å². The number of methoxy groups -OCH3 is 1. The molecule has 0 aliphatic heterocycles. The van der Waals surface area contributed by atoms with Crippen molar-refractivity contribution in [2.24, 2.45) is 0 Å². The molecule has 1 amide bonds. The van der Waals surface area contributed by atoms with Crippen molar-refractivity contribution >= 4 is 5.91 Å². The van der Waals surface area contributed by atoms with Crippen molar-refractivity contribution in [2.45, 2.75) is 57.8 Å². The van der Waals surface area contributed by atoms with Crippen LogP contribution in [0.15, 0.2) is 72.9 Å². The summed E-state index contributed by atoms with van der Waals surface area (Å²) < 4.78 is 13.4. The molecular weight excluding hydrogens is 412 g/mol. The Kier molecular flexibility index (Phi) is 8.20. The molecule has 4 rings (SSSR count). The first kappa shape index (κ1) is 23.1. The highest BCUT2D eigenvalue weighted by Gasteiger charge is 2.26. The van der Waals surface area contributed by atoms with E-state index in [0.29, 0.717) is 13.2 Å². The first-order valence-electron chi connectivity index (χ1n) is 11.9. The SMILES string of the molecule is COc1cccc(Cn2cccc2CN(C(=O)COCc2ccccc2)C2CCCCC2)c1. The van der Waals surface area contributed by atoms with Gasteiger partial charge >= 0.3 is 0 Å². The third-order valence-corrected chi connectivity index (χ3v) is 6.42. The van der Waals surface area contributed by atoms with Crippen LogP contribution in [-0.4, -0.2) is 35.1 Å². The van der Waals surface area contributed by atoms with Gasteiger partial charge in [-0.05, 0) is 48.2 Å². The molecule has 0 spiro atoms. The van der Waals surface area contributed by atoms with E-state index in [-0.39, 0.29) is 18.6 Å². The zero-order chi connectivity index (χ0) is 22.9. The van der Waals surface area contributed by atoms with Gasteiger partial charge in [-0.3, -0.25) is 4.79 Å². The van der Waals surface area contributed by atoms with Crippen LogP contribution in [0.4, 0.5) is 0 Å². The number of carbonyl (C=O) groups excluding carboxylic acids is 1. The summed E-state index contributed by atoms with van der Waals surface area (Å²) in [5, 5.41) is 0. The highest BCUT2D eigenvalue weighted by atomic mass is 16.5. The number of ether oxygens (including phenoxy) is 2. The molecule has 33 heavy (non-hydrogen) atoms. The summed E-state index contributed by atoms with van der Waals surface area (Å²) in [4.78, 5) is 15.3. The summed E-state index contributed by atoms with van der Waals surface area (Å²) >= 11 is 0. The molecule has 0 atom stereocenters. The summed E-state index contributed by atoms with van der Waals surface area (Å²) in [6.45, 7) is 1.92. The molecule has 1 heterocycles. The Morgan fingerprint density at radius 2 is 1.76 bits per heavy atom. The van der Waals surface area contributed by atoms with Crippen LogP contribution in [-0.2, 0) is 29.2 Å². The largest absolute Gasteiger partial charge is 0.497 e. The Balaban J connectivity index is 1.44. The second-order valence-corrected chi connectivity index (χ2v) is 8.77. The average molecular weight is 447 g/mol. The number of rotatable bonds is 10. The predicted octanol–water partition coefficient (Wildman–Crippen LogP) is 5.42. The highest BCUT2D eigenvalue weighted by molar-refractivity contribution is 5.77. The predicted molar refractivity (Wildman–Crippen MR) is 130 cm³/mol. The van der Waals surface area contributed by atoms with Crippen LogP contribution < -0.4 is 4.74 Å². The van der Waals surface area contributed by atoms with Gasteiger partial charge in [0.25, 0.3) is 0 Å². The van der Waals surface area contributed by atoms with Gasteiger partial charge in [-0.15, -0.1) is 0 Å². The lowest BCUT2D eigenvalue weighted by atomic mass is 9.94. The van der Waals surface area contributed by atoms with Gasteiger partial charge in [0.05, 0.1) is 20.3 Å². The molecule has 1 aliphatic carbocycles. The molecule has 1 aliphatic rings. The van der Waals surface area contributed by atoms with Gasteiger partial charge in [0.2, 0.25) is 5.91 Å². The van der Waals surface area contributed by atoms with Crippen LogP contribution in [0, 0.1) is 0 Å². The Bertz CT molecular complexity index is 1010. The molecular formula is C28H34N2O3. The fourth-order valence-corrected chi connectivity index (χ4v) is 4.62. The lowest BCUT2D eigenvalue weighted by molar-refractivity contribution is -0.140. The van der Waals surface area contributed by atoms with E-state index in [0.717, 1.165) is 36.4 Å². The van der Waals surface area contributed by atoms with Crippen LogP contribution in [0.1, 0.15) is 48.9 Å². The molecule has 1 saturated carbocycles. The molecule has 0 N–H and O–H groups in total. The fraction of sp³-hybridized carbons (Fsp3) is 0.393. The van der Waals surface area contributed by atoms with Gasteiger partial charge in [0.15, 0.2) is 0 Å². The lowest BCUT2D eigenvalue weighted by Gasteiger charge is -2.34. The van der Waals surface area contributed by atoms with E-state index in [1.165, 1.54) is 24.8 Å². The number of aromatic nitrogens is 1. The van der Waals surface area contributed by atoms with Crippen LogP contribution in [0.3, 0.4) is 0 Å². The average Bonchev–Trinajstić information content (AvgIpc) is 3.30. The van der Waals surface area contributed by atoms with Crippen LogP contribution in [0.5, 0.6) is 5.75 Å². The number of hydrogen-bond acceptors (Lipinski definition) is 3. The summed E-state index contributed by atoms with van der Waals surface area (Å²) in [5.74, 6) is 0.933. The summed E-state index contributed by atoms with van der Waals surface area (Å²) in [6.07, 6.45) is 7.86. The van der Waals surface area contributed by atoms with Crippen molar-refractivity contribution in [1.29, 1.82) is 0 Å². The van der Waals surface area contributed by atoms with E-state index in [4.69, 9.17) is 9.47 Å². The maximum absolute atomic E-state index is 13.3. The van der Waals surface area contributed by atoms with Crippen molar-refractivity contribution in [3.8, 4) is 5.75 Å². The third kappa shape index (κ3) is 6.48. The molecule has 5 heteroatoms. The zero-order valence-corrected chi connectivity index (χ0v) is 19.5. The molecule has 5 nitrogen and oxygen atoms in total. The maximum Gasteiger partial charge on any atom is 0.249 e. The zero-order valence-electron chi connectivity index (χ0n) is 19.5. The van der Waals surface area contributed by atoms with Gasteiger partial charge < -0.3 is 18.9 Å². The smallest absolute Gasteiger partial charge is 0.249 e. The van der Waals surface area contributed by atoms with E-state index in [1.54, 1.807) is 7.11 Å². The highest BCUT2D eigenvalue weighted by Crippen LogP contribution is 2.25. The standard InChI is InChI=1S/C28H34N2O3/c1-32-27-16-8-12-24(18-27)19-29-17-9-15-26(29)20-30(25-13-6-3-7-14-25)28(31)22-33-21-23-10-4-2-5-11-23/h2,4-5,8-12,15-18,25H,3,6-7,13-14,19-22H2,1H3. The molecule has 0 saturated heterocycles. The third-order valence-electron chi connectivity index (χ3n) is 6.42. The molecule has 0 bridgehead atoms. The molecule has 1 aromatic heterocycles. The number of hydrogen-bond donors (Lipinski definition) is 0. The fourth-order valence-electron chi connectivity index (χ4n) is 4.62. The van der Waals surface area contributed by atoms with E-state index < -0.39 is 0 Å². The van der Waals surface area contributed by atoms with E-state index in [9.17, 15) is 4.79 Å². The topological polar surface area (TPSA) is 43.7 Å². The van der Waals surface area contributed by atoms with Gasteiger partial charge in [0.1, 0.15) is 12.4 Å². The van der Waals surface area contributed by atoms with Crippen LogP contribution >= 0.6 is 0 Å². The molecule has 174 valence electrons. The second-order valence-electron chi connectivity index (χ2n) is 8.77. The Hall–Kier alpha value is -3.05. The van der Waals surface area contributed by atoms with Crippen molar-refractivity contribution in [3.05, 3.63) is 89.7 Å². The first-order valence-corrected chi connectivity index (χ1v) is 11.9. The van der Waals surface area contributed by atoms with Gasteiger partial charge in [-0.25, -0.2) is 0 Å². The van der Waals surface area contributed by atoms with Crippen LogP contribution in [0.25, 0.3) is 0 Å². The number of nitrogens with zero attached hydrogens (tertiary/aromatic N) is 2. The molecule has 0 unspecified atom stereocenters. The van der Waals surface area contributed by atoms with Gasteiger partial charge in [-0.2, -0.15) is 0 Å². The van der Waals surface area contributed by atoms with Crippen molar-refractivity contribution in [1.82, 2.24) is 9.47 Å². The minimum Gasteiger partial charge on any atom is -0.497 e. The second kappa shape index (κ2) is 11.7. The van der Waals surface area contributed by atoms with E-state index >= 15 is 0 Å². The quantitative estimate of drug-likeness (QED) is 0.417. The number of amides is 1. The minimum atomic E-state index is 0.0759. The van der Waals surface area contributed by atoms with E-state index in [1.807, 2.05) is 42.5 Å². The first-order chi connectivity index (χ1) is 16.2.